The Morgan fingerprint density at radius 3 is 2.21 bits per heavy atom. The first-order valence-electron chi connectivity index (χ1n) is 9.56. The van der Waals surface area contributed by atoms with E-state index in [1.807, 2.05) is 18.2 Å². The van der Waals surface area contributed by atoms with E-state index in [1.54, 1.807) is 43.5 Å². The van der Waals surface area contributed by atoms with Crippen molar-refractivity contribution < 1.29 is 14.3 Å². The van der Waals surface area contributed by atoms with E-state index in [9.17, 15) is 9.59 Å². The zero-order chi connectivity index (χ0) is 19.8. The highest BCUT2D eigenvalue weighted by Gasteiger charge is 2.32. The van der Waals surface area contributed by atoms with Gasteiger partial charge in [0.15, 0.2) is 0 Å². The van der Waals surface area contributed by atoms with Gasteiger partial charge in [0.25, 0.3) is 11.8 Å². The van der Waals surface area contributed by atoms with Crippen LogP contribution < -0.4 is 16.0 Å². The second kappa shape index (κ2) is 11.0. The van der Waals surface area contributed by atoms with Gasteiger partial charge in [0, 0.05) is 35.9 Å². The molecule has 2 aromatic carbocycles. The van der Waals surface area contributed by atoms with Gasteiger partial charge in [-0.2, -0.15) is 0 Å². The molecule has 1 saturated heterocycles. The number of benzene rings is 2. The first kappa shape index (κ1) is 22.9. The van der Waals surface area contributed by atoms with Gasteiger partial charge in [0.2, 0.25) is 0 Å². The molecule has 1 aliphatic heterocycles. The average Bonchev–Trinajstić information content (AvgIpc) is 2.74. The number of hydrogen-bond donors (Lipinski definition) is 3. The first-order valence-corrected chi connectivity index (χ1v) is 9.56. The van der Waals surface area contributed by atoms with Crippen LogP contribution in [0.4, 0.5) is 5.69 Å². The number of rotatable bonds is 7. The van der Waals surface area contributed by atoms with Crippen molar-refractivity contribution in [1.29, 1.82) is 0 Å². The molecule has 3 rings (SSSR count). The van der Waals surface area contributed by atoms with Gasteiger partial charge in [-0.25, -0.2) is 0 Å². The van der Waals surface area contributed by atoms with Crippen molar-refractivity contribution in [3.63, 3.8) is 0 Å². The predicted octanol–water partition coefficient (Wildman–Crippen LogP) is 3.11. The van der Waals surface area contributed by atoms with Gasteiger partial charge >= 0.3 is 0 Å². The van der Waals surface area contributed by atoms with Crippen molar-refractivity contribution in [2.75, 3.05) is 38.7 Å². The lowest BCUT2D eigenvalue weighted by molar-refractivity contribution is 0.0512. The molecule has 2 aromatic rings. The molecule has 0 bridgehead atoms. The Hall–Kier alpha value is -2.41. The van der Waals surface area contributed by atoms with Crippen LogP contribution in [-0.2, 0) is 4.74 Å². The van der Waals surface area contributed by atoms with Crippen LogP contribution in [0.1, 0.15) is 33.6 Å². The summed E-state index contributed by atoms with van der Waals surface area (Å²) in [6, 6.07) is 16.0. The Kier molecular flexibility index (Phi) is 8.64. The van der Waals surface area contributed by atoms with Crippen molar-refractivity contribution in [3.8, 4) is 0 Å². The average molecular weight is 418 g/mol. The van der Waals surface area contributed by atoms with Crippen LogP contribution in [-0.4, -0.2) is 45.2 Å². The Balaban J connectivity index is 0.00000300. The summed E-state index contributed by atoms with van der Waals surface area (Å²) in [6.07, 6.45) is 1.96. The van der Waals surface area contributed by atoms with Crippen molar-refractivity contribution in [1.82, 2.24) is 10.6 Å². The number of ether oxygens (including phenoxy) is 1. The summed E-state index contributed by atoms with van der Waals surface area (Å²) in [5.74, 6) is -0.292. The molecule has 0 radical (unpaired) electrons. The van der Waals surface area contributed by atoms with Crippen LogP contribution in [0.3, 0.4) is 0 Å². The van der Waals surface area contributed by atoms with Gasteiger partial charge in [-0.15, -0.1) is 12.4 Å². The van der Waals surface area contributed by atoms with Crippen molar-refractivity contribution >= 4 is 29.9 Å². The summed E-state index contributed by atoms with van der Waals surface area (Å²) in [4.78, 5) is 24.7. The number of hydrogen-bond acceptors (Lipinski definition) is 4. The maximum atomic E-state index is 12.5. The Morgan fingerprint density at radius 2 is 1.59 bits per heavy atom. The number of piperidine rings is 1. The predicted molar refractivity (Wildman–Crippen MR) is 117 cm³/mol. The smallest absolute Gasteiger partial charge is 0.255 e. The fourth-order valence-electron chi connectivity index (χ4n) is 3.50. The second-order valence-electron chi connectivity index (χ2n) is 7.26. The lowest BCUT2D eigenvalue weighted by Crippen LogP contribution is -2.47. The first-order chi connectivity index (χ1) is 13.6. The summed E-state index contributed by atoms with van der Waals surface area (Å²) in [6.45, 7) is 3.11. The van der Waals surface area contributed by atoms with Gasteiger partial charge in [-0.1, -0.05) is 18.2 Å². The molecule has 2 amide bonds. The summed E-state index contributed by atoms with van der Waals surface area (Å²) in [5, 5.41) is 9.23. The molecule has 0 spiro atoms. The van der Waals surface area contributed by atoms with E-state index in [4.69, 9.17) is 4.74 Å². The monoisotopic (exact) mass is 417 g/mol. The van der Waals surface area contributed by atoms with Gasteiger partial charge in [-0.05, 0) is 62.3 Å². The molecule has 29 heavy (non-hydrogen) atoms. The van der Waals surface area contributed by atoms with Crippen LogP contribution in [0.5, 0.6) is 0 Å². The van der Waals surface area contributed by atoms with E-state index in [-0.39, 0.29) is 29.6 Å². The Morgan fingerprint density at radius 1 is 0.966 bits per heavy atom. The minimum atomic E-state index is -0.176. The number of carbonyl (C=O) groups excluding carboxylic acids is 2. The molecule has 7 heteroatoms. The van der Waals surface area contributed by atoms with E-state index < -0.39 is 0 Å². The van der Waals surface area contributed by atoms with E-state index in [0.29, 0.717) is 30.0 Å². The zero-order valence-corrected chi connectivity index (χ0v) is 17.4. The molecule has 156 valence electrons. The van der Waals surface area contributed by atoms with Crippen LogP contribution >= 0.6 is 12.4 Å². The van der Waals surface area contributed by atoms with E-state index in [2.05, 4.69) is 16.0 Å². The largest absolute Gasteiger partial charge is 0.384 e. The molecule has 1 aliphatic rings. The molecule has 1 fully saturated rings. The van der Waals surface area contributed by atoms with Gasteiger partial charge < -0.3 is 20.7 Å². The summed E-state index contributed by atoms with van der Waals surface area (Å²) in [5.41, 5.74) is 1.80. The van der Waals surface area contributed by atoms with Crippen molar-refractivity contribution in [2.24, 2.45) is 5.41 Å². The van der Waals surface area contributed by atoms with Gasteiger partial charge in [0.05, 0.1) is 6.61 Å². The fraction of sp³-hybridized carbons (Fsp3) is 0.364. The third-order valence-electron chi connectivity index (χ3n) is 5.18. The third kappa shape index (κ3) is 6.29. The topological polar surface area (TPSA) is 79.5 Å². The highest BCUT2D eigenvalue weighted by atomic mass is 35.5. The Bertz CT molecular complexity index is 785. The van der Waals surface area contributed by atoms with Crippen molar-refractivity contribution in [2.45, 2.75) is 12.8 Å². The third-order valence-corrected chi connectivity index (χ3v) is 5.18. The lowest BCUT2D eigenvalue weighted by Gasteiger charge is -2.37. The Labute approximate surface area is 177 Å². The van der Waals surface area contributed by atoms with Crippen LogP contribution in [0, 0.1) is 5.41 Å². The normalized spacial score (nSPS) is 15.1. The molecule has 0 aliphatic carbocycles. The molecule has 6 nitrogen and oxygen atoms in total. The number of halogens is 1. The highest BCUT2D eigenvalue weighted by Crippen LogP contribution is 2.28. The maximum Gasteiger partial charge on any atom is 0.255 e. The SMILES string of the molecule is COCC1(CNC(=O)c2ccc(NC(=O)c3ccccc3)cc2)CCNCC1.Cl. The number of carbonyl (C=O) groups is 2. The minimum absolute atomic E-state index is 0. The molecule has 1 heterocycles. The maximum absolute atomic E-state index is 12.5. The summed E-state index contributed by atoms with van der Waals surface area (Å²) >= 11 is 0. The zero-order valence-electron chi connectivity index (χ0n) is 16.6. The van der Waals surface area contributed by atoms with E-state index in [0.717, 1.165) is 25.9 Å². The number of nitrogens with one attached hydrogen (secondary N) is 3. The van der Waals surface area contributed by atoms with Gasteiger partial charge in [0.1, 0.15) is 0 Å². The lowest BCUT2D eigenvalue weighted by atomic mass is 9.79. The van der Waals surface area contributed by atoms with Crippen LogP contribution in [0.15, 0.2) is 54.6 Å². The minimum Gasteiger partial charge on any atom is -0.384 e. The standard InChI is InChI=1S/C22H27N3O3.ClH/c1-28-16-22(11-13-23-14-12-22)15-24-20(26)18-7-9-19(10-8-18)25-21(27)17-5-3-2-4-6-17;/h2-10,23H,11-16H2,1H3,(H,24,26)(H,25,27);1H. The molecule has 0 unspecified atom stereocenters. The van der Waals surface area contributed by atoms with E-state index in [1.165, 1.54) is 0 Å². The summed E-state index contributed by atoms with van der Waals surface area (Å²) in [7, 11) is 1.70. The van der Waals surface area contributed by atoms with Gasteiger partial charge in [-0.3, -0.25) is 9.59 Å². The van der Waals surface area contributed by atoms with Crippen LogP contribution in [0.25, 0.3) is 0 Å². The number of anilines is 1. The molecular formula is C22H28ClN3O3. The number of amides is 2. The molecule has 0 atom stereocenters. The second-order valence-corrected chi connectivity index (χ2v) is 7.26. The highest BCUT2D eigenvalue weighted by molar-refractivity contribution is 6.04. The van der Waals surface area contributed by atoms with Crippen LogP contribution in [0.2, 0.25) is 0 Å². The van der Waals surface area contributed by atoms with E-state index >= 15 is 0 Å². The quantitative estimate of drug-likeness (QED) is 0.646. The molecule has 0 saturated carbocycles. The fourth-order valence-corrected chi connectivity index (χ4v) is 3.50. The molecular weight excluding hydrogens is 390 g/mol. The molecule has 3 N–H and O–H groups in total. The molecule has 0 aromatic heterocycles. The summed E-state index contributed by atoms with van der Waals surface area (Å²) < 4.78 is 5.39. The van der Waals surface area contributed by atoms with Crippen molar-refractivity contribution in [3.05, 3.63) is 65.7 Å². The number of methoxy groups -OCH3 is 1.